The summed E-state index contributed by atoms with van der Waals surface area (Å²) in [5, 5.41) is 0.173. The zero-order valence-electron chi connectivity index (χ0n) is 6.82. The topological polar surface area (TPSA) is 22.1 Å². The fourth-order valence-electron chi connectivity index (χ4n) is 0.732. The molecule has 0 aromatic carbocycles. The number of hydrogen-bond acceptors (Lipinski definition) is 2. The summed E-state index contributed by atoms with van der Waals surface area (Å²) in [5.74, 6) is -0.381. The first-order valence-corrected chi connectivity index (χ1v) is 4.83. The molecule has 0 N–H and O–H groups in total. The van der Waals surface area contributed by atoms with Crippen molar-refractivity contribution in [3.8, 4) is 5.75 Å². The second kappa shape index (κ2) is 4.09. The SMILES string of the molecule is Cc1ncc(OC(F)(F)F)c(I)c1Cl. The summed E-state index contributed by atoms with van der Waals surface area (Å²) in [5.41, 5.74) is 0.464. The van der Waals surface area contributed by atoms with Gasteiger partial charge < -0.3 is 4.74 Å². The molecule has 1 rings (SSSR count). The molecule has 0 saturated carbocycles. The Kier molecular flexibility index (Phi) is 3.46. The third kappa shape index (κ3) is 2.88. The van der Waals surface area contributed by atoms with E-state index in [0.717, 1.165) is 6.20 Å². The van der Waals surface area contributed by atoms with Crippen LogP contribution in [0.3, 0.4) is 0 Å². The molecule has 0 aliphatic heterocycles. The number of aromatic nitrogens is 1. The Balaban J connectivity index is 3.06. The molecular weight excluding hydrogens is 333 g/mol. The zero-order valence-corrected chi connectivity index (χ0v) is 9.74. The van der Waals surface area contributed by atoms with Crippen LogP contribution in [0.5, 0.6) is 5.75 Å². The number of hydrogen-bond donors (Lipinski definition) is 0. The third-order valence-electron chi connectivity index (χ3n) is 1.33. The summed E-state index contributed by atoms with van der Waals surface area (Å²) in [6, 6.07) is 0. The third-order valence-corrected chi connectivity index (χ3v) is 3.18. The van der Waals surface area contributed by atoms with E-state index in [0.29, 0.717) is 5.69 Å². The van der Waals surface area contributed by atoms with Gasteiger partial charge in [0.15, 0.2) is 5.75 Å². The van der Waals surface area contributed by atoms with Gasteiger partial charge in [-0.2, -0.15) is 0 Å². The van der Waals surface area contributed by atoms with Gasteiger partial charge in [0, 0.05) is 0 Å². The Morgan fingerprint density at radius 3 is 2.57 bits per heavy atom. The largest absolute Gasteiger partial charge is 0.573 e. The molecule has 78 valence electrons. The highest BCUT2D eigenvalue weighted by atomic mass is 127. The van der Waals surface area contributed by atoms with Crippen LogP contribution in [-0.2, 0) is 0 Å². The molecule has 0 spiro atoms. The number of aryl methyl sites for hydroxylation is 1. The predicted molar refractivity (Wildman–Crippen MR) is 53.4 cm³/mol. The van der Waals surface area contributed by atoms with Crippen molar-refractivity contribution in [1.29, 1.82) is 0 Å². The highest BCUT2D eigenvalue weighted by Crippen LogP contribution is 2.32. The van der Waals surface area contributed by atoms with Gasteiger partial charge in [-0.1, -0.05) is 11.6 Å². The van der Waals surface area contributed by atoms with Crippen molar-refractivity contribution >= 4 is 34.2 Å². The first-order chi connectivity index (χ1) is 6.31. The predicted octanol–water partition coefficient (Wildman–Crippen LogP) is 3.55. The molecule has 14 heavy (non-hydrogen) atoms. The highest BCUT2D eigenvalue weighted by Gasteiger charge is 2.32. The van der Waals surface area contributed by atoms with Crippen molar-refractivity contribution in [3.05, 3.63) is 20.5 Å². The molecular formula is C7H4ClF3INO. The first-order valence-electron chi connectivity index (χ1n) is 3.37. The van der Waals surface area contributed by atoms with Crippen molar-refractivity contribution in [1.82, 2.24) is 4.98 Å². The fourth-order valence-corrected chi connectivity index (χ4v) is 1.51. The summed E-state index contributed by atoms with van der Waals surface area (Å²) in [6.45, 7) is 1.60. The average Bonchev–Trinajstić information content (AvgIpc) is 2.04. The molecule has 1 aromatic rings. The van der Waals surface area contributed by atoms with Crippen LogP contribution in [0.4, 0.5) is 13.2 Å². The minimum Gasteiger partial charge on any atom is -0.403 e. The molecule has 1 aromatic heterocycles. The standard InChI is InChI=1S/C7H4ClF3INO/c1-3-5(8)6(12)4(2-13-3)14-7(9,10)11/h2H,1H3. The normalized spacial score (nSPS) is 11.6. The van der Waals surface area contributed by atoms with E-state index in [1.54, 1.807) is 29.5 Å². The van der Waals surface area contributed by atoms with Crippen molar-refractivity contribution < 1.29 is 17.9 Å². The van der Waals surface area contributed by atoms with Gasteiger partial charge in [0.25, 0.3) is 0 Å². The van der Waals surface area contributed by atoms with Crippen LogP contribution in [0.25, 0.3) is 0 Å². The molecule has 2 nitrogen and oxygen atoms in total. The van der Waals surface area contributed by atoms with E-state index in [1.807, 2.05) is 0 Å². The number of ether oxygens (including phenoxy) is 1. The minimum atomic E-state index is -4.72. The van der Waals surface area contributed by atoms with Crippen molar-refractivity contribution in [3.63, 3.8) is 0 Å². The minimum absolute atomic E-state index is 0.173. The number of halogens is 5. The van der Waals surface area contributed by atoms with Gasteiger partial charge in [-0.15, -0.1) is 13.2 Å². The molecule has 7 heteroatoms. The van der Waals surface area contributed by atoms with E-state index in [2.05, 4.69) is 9.72 Å². The van der Waals surface area contributed by atoms with Gasteiger partial charge in [0.2, 0.25) is 0 Å². The molecule has 0 saturated heterocycles. The summed E-state index contributed by atoms with van der Waals surface area (Å²) >= 11 is 7.37. The average molecular weight is 337 g/mol. The molecule has 0 bridgehead atoms. The lowest BCUT2D eigenvalue weighted by molar-refractivity contribution is -0.275. The van der Waals surface area contributed by atoms with E-state index < -0.39 is 6.36 Å². The van der Waals surface area contributed by atoms with E-state index >= 15 is 0 Å². The number of alkyl halides is 3. The molecule has 1 heterocycles. The van der Waals surface area contributed by atoms with E-state index in [-0.39, 0.29) is 14.3 Å². The number of nitrogens with zero attached hydrogens (tertiary/aromatic N) is 1. The number of pyridine rings is 1. The van der Waals surface area contributed by atoms with Crippen LogP contribution in [0.1, 0.15) is 5.69 Å². The van der Waals surface area contributed by atoms with Crippen LogP contribution in [0.15, 0.2) is 6.20 Å². The van der Waals surface area contributed by atoms with Gasteiger partial charge in [-0.05, 0) is 29.5 Å². The second-order valence-corrected chi connectivity index (χ2v) is 3.84. The maximum atomic E-state index is 11.9. The van der Waals surface area contributed by atoms with Crippen LogP contribution in [0, 0.1) is 10.5 Å². The summed E-state index contributed by atoms with van der Waals surface area (Å²) < 4.78 is 39.5. The van der Waals surface area contributed by atoms with Crippen molar-refractivity contribution in [2.75, 3.05) is 0 Å². The van der Waals surface area contributed by atoms with Crippen LogP contribution < -0.4 is 4.74 Å². The van der Waals surface area contributed by atoms with Crippen LogP contribution in [-0.4, -0.2) is 11.3 Å². The van der Waals surface area contributed by atoms with Crippen LogP contribution in [0.2, 0.25) is 5.02 Å². The van der Waals surface area contributed by atoms with Gasteiger partial charge >= 0.3 is 6.36 Å². The molecule has 0 aliphatic rings. The van der Waals surface area contributed by atoms with Gasteiger partial charge in [-0.3, -0.25) is 4.98 Å². The number of rotatable bonds is 1. The quantitative estimate of drug-likeness (QED) is 0.731. The van der Waals surface area contributed by atoms with E-state index in [9.17, 15) is 13.2 Å². The fraction of sp³-hybridized carbons (Fsp3) is 0.286. The molecule has 0 amide bonds. The monoisotopic (exact) mass is 337 g/mol. The second-order valence-electron chi connectivity index (χ2n) is 2.38. The summed E-state index contributed by atoms with van der Waals surface area (Å²) in [6.07, 6.45) is -3.73. The Morgan fingerprint density at radius 2 is 2.07 bits per heavy atom. The Hall–Kier alpha value is -0.240. The molecule has 0 unspecified atom stereocenters. The van der Waals surface area contributed by atoms with Crippen molar-refractivity contribution in [2.45, 2.75) is 13.3 Å². The van der Waals surface area contributed by atoms with Gasteiger partial charge in [-0.25, -0.2) is 0 Å². The molecule has 0 fully saturated rings. The zero-order chi connectivity index (χ0) is 10.9. The lowest BCUT2D eigenvalue weighted by atomic mass is 10.4. The Bertz CT molecular complexity index is 356. The molecule has 0 radical (unpaired) electrons. The van der Waals surface area contributed by atoms with E-state index in [1.165, 1.54) is 0 Å². The molecule has 0 aliphatic carbocycles. The van der Waals surface area contributed by atoms with Gasteiger partial charge in [0.1, 0.15) is 0 Å². The van der Waals surface area contributed by atoms with Crippen molar-refractivity contribution in [2.24, 2.45) is 0 Å². The lowest BCUT2D eigenvalue weighted by Gasteiger charge is -2.11. The lowest BCUT2D eigenvalue weighted by Crippen LogP contribution is -2.18. The first kappa shape index (κ1) is 11.8. The summed E-state index contributed by atoms with van der Waals surface area (Å²) in [4.78, 5) is 3.66. The maximum absolute atomic E-state index is 11.9. The summed E-state index contributed by atoms with van der Waals surface area (Å²) in [7, 11) is 0. The Morgan fingerprint density at radius 1 is 1.50 bits per heavy atom. The van der Waals surface area contributed by atoms with Gasteiger partial charge in [0.05, 0.1) is 20.5 Å². The van der Waals surface area contributed by atoms with E-state index in [4.69, 9.17) is 11.6 Å². The smallest absolute Gasteiger partial charge is 0.403 e. The molecule has 0 atom stereocenters. The maximum Gasteiger partial charge on any atom is 0.573 e. The Labute approximate surface area is 96.6 Å². The highest BCUT2D eigenvalue weighted by molar-refractivity contribution is 14.1. The van der Waals surface area contributed by atoms with Crippen LogP contribution >= 0.6 is 34.2 Å².